The van der Waals surface area contributed by atoms with Gasteiger partial charge in [-0.05, 0) is 60.7 Å². The van der Waals surface area contributed by atoms with Crippen LogP contribution >= 0.6 is 11.8 Å². The first-order valence-corrected chi connectivity index (χ1v) is 11.9. The van der Waals surface area contributed by atoms with Gasteiger partial charge in [0.05, 0.1) is 33.3 Å². The summed E-state index contributed by atoms with van der Waals surface area (Å²) in [5.41, 5.74) is 5.00. The number of amides is 1. The van der Waals surface area contributed by atoms with Crippen LogP contribution < -0.4 is 19.6 Å². The van der Waals surface area contributed by atoms with Crippen LogP contribution in [0.2, 0.25) is 0 Å². The number of carbonyl (C=O) groups excluding carboxylic acids is 1. The van der Waals surface area contributed by atoms with E-state index in [1.165, 1.54) is 11.8 Å². The Morgan fingerprint density at radius 1 is 0.917 bits per heavy atom. The van der Waals surface area contributed by atoms with E-state index in [9.17, 15) is 4.79 Å². The topological polar surface area (TPSA) is 99.9 Å². The zero-order valence-electron chi connectivity index (χ0n) is 20.0. The molecule has 0 fully saturated rings. The Labute approximate surface area is 213 Å². The van der Waals surface area contributed by atoms with Gasteiger partial charge < -0.3 is 14.2 Å². The summed E-state index contributed by atoms with van der Waals surface area (Å²) in [7, 11) is 4.82. The predicted molar refractivity (Wildman–Crippen MR) is 139 cm³/mol. The van der Waals surface area contributed by atoms with E-state index in [1.807, 2.05) is 77.4 Å². The Hall–Kier alpha value is -4.31. The molecule has 0 atom stereocenters. The maximum Gasteiger partial charge on any atom is 0.250 e. The zero-order chi connectivity index (χ0) is 25.3. The lowest BCUT2D eigenvalue weighted by atomic mass is 10.2. The first-order chi connectivity index (χ1) is 17.6. The molecule has 0 saturated heterocycles. The number of aromatic nitrogens is 3. The fourth-order valence-electron chi connectivity index (χ4n) is 3.36. The van der Waals surface area contributed by atoms with Gasteiger partial charge in [0.25, 0.3) is 5.91 Å². The van der Waals surface area contributed by atoms with Crippen molar-refractivity contribution >= 4 is 23.9 Å². The number of para-hydroxylation sites is 1. The van der Waals surface area contributed by atoms with Crippen LogP contribution in [0.3, 0.4) is 0 Å². The molecule has 0 aliphatic carbocycles. The third-order valence-electron chi connectivity index (χ3n) is 5.18. The summed E-state index contributed by atoms with van der Waals surface area (Å²) in [5, 5.41) is 13.4. The molecule has 4 rings (SSSR count). The summed E-state index contributed by atoms with van der Waals surface area (Å²) in [6, 6.07) is 22.5. The van der Waals surface area contributed by atoms with Crippen LogP contribution in [0.4, 0.5) is 0 Å². The van der Waals surface area contributed by atoms with E-state index < -0.39 is 0 Å². The number of thioether (sulfide) groups is 1. The number of methoxy groups -OCH3 is 3. The minimum Gasteiger partial charge on any atom is -0.497 e. The highest BCUT2D eigenvalue weighted by molar-refractivity contribution is 7.99. The quantitative estimate of drug-likeness (QED) is 0.197. The lowest BCUT2D eigenvalue weighted by Crippen LogP contribution is -2.20. The molecule has 0 radical (unpaired) electrons. The number of rotatable bonds is 10. The van der Waals surface area contributed by atoms with Crippen LogP contribution in [0.15, 0.2) is 83.1 Å². The maximum atomic E-state index is 12.5. The Bertz CT molecular complexity index is 1340. The average Bonchev–Trinajstić information content (AvgIpc) is 3.36. The van der Waals surface area contributed by atoms with E-state index in [0.29, 0.717) is 16.7 Å². The molecule has 1 amide bonds. The molecule has 1 N–H and O–H groups in total. The van der Waals surface area contributed by atoms with E-state index in [2.05, 4.69) is 20.7 Å². The summed E-state index contributed by atoms with van der Waals surface area (Å²) < 4.78 is 17.7. The number of carbonyl (C=O) groups is 1. The van der Waals surface area contributed by atoms with E-state index in [4.69, 9.17) is 14.2 Å². The first-order valence-electron chi connectivity index (χ1n) is 10.9. The summed E-state index contributed by atoms with van der Waals surface area (Å²) in [6.07, 6.45) is 1.54. The normalized spacial score (nSPS) is 10.9. The molecule has 184 valence electrons. The first kappa shape index (κ1) is 24.8. The van der Waals surface area contributed by atoms with E-state index >= 15 is 0 Å². The van der Waals surface area contributed by atoms with Crippen molar-refractivity contribution in [2.24, 2.45) is 5.10 Å². The van der Waals surface area contributed by atoms with E-state index in [1.54, 1.807) is 27.5 Å². The fourth-order valence-corrected chi connectivity index (χ4v) is 4.11. The molecule has 36 heavy (non-hydrogen) atoms. The van der Waals surface area contributed by atoms with Gasteiger partial charge in [0, 0.05) is 16.8 Å². The molecule has 4 aromatic rings. The third-order valence-corrected chi connectivity index (χ3v) is 6.11. The van der Waals surface area contributed by atoms with Crippen LogP contribution in [0, 0.1) is 0 Å². The van der Waals surface area contributed by atoms with Gasteiger partial charge in [0.2, 0.25) is 0 Å². The van der Waals surface area contributed by atoms with Gasteiger partial charge in [-0.1, -0.05) is 23.9 Å². The molecular formula is C26H25N5O4S. The summed E-state index contributed by atoms with van der Waals surface area (Å²) in [6.45, 7) is 0. The average molecular weight is 504 g/mol. The van der Waals surface area contributed by atoms with Gasteiger partial charge in [0.15, 0.2) is 11.0 Å². The molecule has 3 aromatic carbocycles. The van der Waals surface area contributed by atoms with Crippen molar-refractivity contribution in [1.82, 2.24) is 20.2 Å². The minimum atomic E-state index is -0.276. The number of hydrogen-bond donors (Lipinski definition) is 1. The summed E-state index contributed by atoms with van der Waals surface area (Å²) >= 11 is 1.26. The zero-order valence-corrected chi connectivity index (χ0v) is 20.9. The number of hydrazone groups is 1. The van der Waals surface area contributed by atoms with Gasteiger partial charge in [-0.25, -0.2) is 5.43 Å². The highest BCUT2D eigenvalue weighted by Crippen LogP contribution is 2.29. The van der Waals surface area contributed by atoms with E-state index in [-0.39, 0.29) is 11.7 Å². The molecule has 0 unspecified atom stereocenters. The molecule has 0 bridgehead atoms. The van der Waals surface area contributed by atoms with Crippen molar-refractivity contribution in [3.05, 3.63) is 78.4 Å². The second kappa shape index (κ2) is 11.9. The minimum absolute atomic E-state index is 0.0974. The number of benzene rings is 3. The van der Waals surface area contributed by atoms with Crippen molar-refractivity contribution in [2.75, 3.05) is 27.1 Å². The molecule has 1 aromatic heterocycles. The maximum absolute atomic E-state index is 12.5. The Kier molecular flexibility index (Phi) is 8.20. The van der Waals surface area contributed by atoms with E-state index in [0.717, 1.165) is 28.3 Å². The predicted octanol–water partition coefficient (Wildman–Crippen LogP) is 4.20. The molecule has 9 nitrogen and oxygen atoms in total. The van der Waals surface area contributed by atoms with Crippen LogP contribution in [0.25, 0.3) is 17.1 Å². The molecule has 0 spiro atoms. The SMILES string of the molecule is COc1ccc(-c2nnc(SCC(=O)N/N=C\c3ccccc3OC)n2-c2ccc(OC)cc2)cc1. The molecule has 0 saturated carbocycles. The van der Waals surface area contributed by atoms with Crippen molar-refractivity contribution in [1.29, 1.82) is 0 Å². The van der Waals surface area contributed by atoms with Crippen LogP contribution in [0.1, 0.15) is 5.56 Å². The molecule has 0 aliphatic rings. The summed E-state index contributed by atoms with van der Waals surface area (Å²) in [5.74, 6) is 2.61. The molecule has 1 heterocycles. The number of ether oxygens (including phenoxy) is 3. The molecular weight excluding hydrogens is 478 g/mol. The largest absolute Gasteiger partial charge is 0.497 e. The Morgan fingerprint density at radius 2 is 1.58 bits per heavy atom. The van der Waals surface area contributed by atoms with Crippen LogP contribution in [0.5, 0.6) is 17.2 Å². The van der Waals surface area contributed by atoms with Gasteiger partial charge in [-0.3, -0.25) is 9.36 Å². The van der Waals surface area contributed by atoms with Gasteiger partial charge >= 0.3 is 0 Å². The smallest absolute Gasteiger partial charge is 0.250 e. The fraction of sp³-hybridized carbons (Fsp3) is 0.154. The third kappa shape index (κ3) is 5.84. The van der Waals surface area contributed by atoms with Crippen molar-refractivity contribution in [3.63, 3.8) is 0 Å². The number of nitrogens with one attached hydrogen (secondary N) is 1. The van der Waals surface area contributed by atoms with Crippen LogP contribution in [-0.4, -0.2) is 54.0 Å². The standard InChI is InChI=1S/C26H25N5O4S/c1-33-21-12-8-18(9-13-21)25-29-30-26(31(25)20-10-14-22(34-2)15-11-20)36-17-24(32)28-27-16-19-6-4-5-7-23(19)35-3/h4-16H,17H2,1-3H3,(H,28,32)/b27-16-. The monoisotopic (exact) mass is 503 g/mol. The van der Waals surface area contributed by atoms with Gasteiger partial charge in [-0.15, -0.1) is 10.2 Å². The lowest BCUT2D eigenvalue weighted by molar-refractivity contribution is -0.118. The number of hydrogen-bond acceptors (Lipinski definition) is 8. The number of nitrogens with zero attached hydrogens (tertiary/aromatic N) is 4. The summed E-state index contributed by atoms with van der Waals surface area (Å²) in [4.78, 5) is 12.5. The molecule has 10 heteroatoms. The van der Waals surface area contributed by atoms with Crippen molar-refractivity contribution in [3.8, 4) is 34.3 Å². The second-order valence-electron chi connectivity index (χ2n) is 7.39. The molecule has 0 aliphatic heterocycles. The van der Waals surface area contributed by atoms with Crippen molar-refractivity contribution in [2.45, 2.75) is 5.16 Å². The highest BCUT2D eigenvalue weighted by Gasteiger charge is 2.17. The van der Waals surface area contributed by atoms with Crippen molar-refractivity contribution < 1.29 is 19.0 Å². The highest BCUT2D eigenvalue weighted by atomic mass is 32.2. The second-order valence-corrected chi connectivity index (χ2v) is 8.33. The van der Waals surface area contributed by atoms with Crippen LogP contribution in [-0.2, 0) is 4.79 Å². The lowest BCUT2D eigenvalue weighted by Gasteiger charge is -2.11. The Morgan fingerprint density at radius 3 is 2.25 bits per heavy atom. The Balaban J connectivity index is 1.53. The van der Waals surface area contributed by atoms with Gasteiger partial charge in [0.1, 0.15) is 17.2 Å². The van der Waals surface area contributed by atoms with Gasteiger partial charge in [-0.2, -0.15) is 5.10 Å².